The van der Waals surface area contributed by atoms with Crippen LogP contribution in [0.15, 0.2) is 42.7 Å². The number of imidazole rings is 1. The average molecular weight is 407 g/mol. The fourth-order valence-corrected chi connectivity index (χ4v) is 3.49. The Hall–Kier alpha value is -3.75. The normalized spacial score (nSPS) is 14.6. The van der Waals surface area contributed by atoms with Crippen LogP contribution in [-0.4, -0.2) is 57.3 Å². The summed E-state index contributed by atoms with van der Waals surface area (Å²) in [6.07, 6.45) is 4.45. The Kier molecular flexibility index (Phi) is 5.42. The molecule has 0 radical (unpaired) electrons. The number of aromatic nitrogens is 3. The van der Waals surface area contributed by atoms with E-state index in [-0.39, 0.29) is 24.3 Å². The molecule has 0 saturated carbocycles. The number of hydrogen-bond acceptors (Lipinski definition) is 6. The van der Waals surface area contributed by atoms with E-state index >= 15 is 0 Å². The summed E-state index contributed by atoms with van der Waals surface area (Å²) in [5.41, 5.74) is 7.85. The maximum atomic E-state index is 12.4. The van der Waals surface area contributed by atoms with Gasteiger partial charge in [0.05, 0.1) is 16.6 Å². The Balaban J connectivity index is 1.37. The topological polar surface area (TPSA) is 131 Å². The van der Waals surface area contributed by atoms with Crippen LogP contribution in [0.4, 0.5) is 0 Å². The van der Waals surface area contributed by atoms with Crippen LogP contribution in [0, 0.1) is 5.92 Å². The molecular weight excluding hydrogens is 386 g/mol. The second-order valence-corrected chi connectivity index (χ2v) is 7.19. The molecule has 4 rings (SSSR count). The molecule has 1 aliphatic rings. The highest BCUT2D eigenvalue weighted by Gasteiger charge is 2.26. The van der Waals surface area contributed by atoms with E-state index in [0.29, 0.717) is 48.4 Å². The minimum Gasteiger partial charge on any atom is -0.452 e. The van der Waals surface area contributed by atoms with Crippen LogP contribution in [0.3, 0.4) is 0 Å². The SMILES string of the molecule is NC(=O)C1CCN(C(=O)COC(=O)c2ccc3nc(-c4cccnc4)[nH]c3c2)CC1. The number of nitrogens with one attached hydrogen (secondary N) is 1. The van der Waals surface area contributed by atoms with Crippen LogP contribution < -0.4 is 5.73 Å². The molecule has 2 aromatic heterocycles. The van der Waals surface area contributed by atoms with Gasteiger partial charge in [0, 0.05) is 37.0 Å². The number of benzene rings is 1. The molecule has 0 aliphatic carbocycles. The summed E-state index contributed by atoms with van der Waals surface area (Å²) in [5, 5.41) is 0. The number of carbonyl (C=O) groups is 3. The predicted octanol–water partition coefficient (Wildman–Crippen LogP) is 1.51. The van der Waals surface area contributed by atoms with Gasteiger partial charge >= 0.3 is 5.97 Å². The monoisotopic (exact) mass is 407 g/mol. The van der Waals surface area contributed by atoms with Crippen LogP contribution >= 0.6 is 0 Å². The predicted molar refractivity (Wildman–Crippen MR) is 108 cm³/mol. The summed E-state index contributed by atoms with van der Waals surface area (Å²) >= 11 is 0. The molecule has 9 nitrogen and oxygen atoms in total. The third-order valence-electron chi connectivity index (χ3n) is 5.23. The number of fused-ring (bicyclic) bond motifs is 1. The van der Waals surface area contributed by atoms with Gasteiger partial charge in [0.1, 0.15) is 5.82 Å². The number of hydrogen-bond donors (Lipinski definition) is 2. The number of nitrogens with two attached hydrogens (primary N) is 1. The Bertz CT molecular complexity index is 1090. The van der Waals surface area contributed by atoms with E-state index in [9.17, 15) is 14.4 Å². The number of likely N-dealkylation sites (tertiary alicyclic amines) is 1. The number of aromatic amines is 1. The van der Waals surface area contributed by atoms with E-state index in [2.05, 4.69) is 15.0 Å². The zero-order chi connectivity index (χ0) is 21.1. The molecule has 9 heteroatoms. The van der Waals surface area contributed by atoms with Gasteiger partial charge in [-0.15, -0.1) is 0 Å². The van der Waals surface area contributed by atoms with Crippen molar-refractivity contribution in [1.29, 1.82) is 0 Å². The minimum absolute atomic E-state index is 0.200. The molecule has 1 aliphatic heterocycles. The van der Waals surface area contributed by atoms with Crippen molar-refractivity contribution in [2.75, 3.05) is 19.7 Å². The molecule has 1 aromatic carbocycles. The highest BCUT2D eigenvalue weighted by Crippen LogP contribution is 2.21. The zero-order valence-corrected chi connectivity index (χ0v) is 16.2. The Morgan fingerprint density at radius 2 is 2.00 bits per heavy atom. The zero-order valence-electron chi connectivity index (χ0n) is 16.2. The fourth-order valence-electron chi connectivity index (χ4n) is 3.49. The minimum atomic E-state index is -0.588. The lowest BCUT2D eigenvalue weighted by Gasteiger charge is -2.30. The standard InChI is InChI=1S/C21H21N5O4/c22-19(28)13-5-8-26(9-6-13)18(27)12-30-21(29)14-3-4-16-17(10-14)25-20(24-16)15-2-1-7-23-11-15/h1-4,7,10-11,13H,5-6,8-9,12H2,(H2,22,28)(H,24,25). The smallest absolute Gasteiger partial charge is 0.338 e. The van der Waals surface area contributed by atoms with Crippen LogP contribution in [0.5, 0.6) is 0 Å². The van der Waals surface area contributed by atoms with Gasteiger partial charge in [-0.25, -0.2) is 9.78 Å². The number of nitrogens with zero attached hydrogens (tertiary/aromatic N) is 3. The van der Waals surface area contributed by atoms with Gasteiger partial charge in [-0.1, -0.05) is 0 Å². The molecule has 0 bridgehead atoms. The van der Waals surface area contributed by atoms with Crippen molar-refractivity contribution in [1.82, 2.24) is 19.9 Å². The van der Waals surface area contributed by atoms with E-state index in [1.54, 1.807) is 35.5 Å². The average Bonchev–Trinajstić information content (AvgIpc) is 3.21. The highest BCUT2D eigenvalue weighted by molar-refractivity contribution is 5.95. The second-order valence-electron chi connectivity index (χ2n) is 7.19. The molecule has 1 fully saturated rings. The summed E-state index contributed by atoms with van der Waals surface area (Å²) in [5.74, 6) is -0.760. The lowest BCUT2D eigenvalue weighted by atomic mass is 9.96. The number of ether oxygens (including phenoxy) is 1. The van der Waals surface area contributed by atoms with Gasteiger partial charge in [0.25, 0.3) is 5.91 Å². The number of H-pyrrole nitrogens is 1. The molecule has 30 heavy (non-hydrogen) atoms. The lowest BCUT2D eigenvalue weighted by molar-refractivity contribution is -0.137. The summed E-state index contributed by atoms with van der Waals surface area (Å²) < 4.78 is 5.19. The van der Waals surface area contributed by atoms with E-state index in [1.165, 1.54) is 0 Å². The number of carbonyl (C=O) groups excluding carboxylic acids is 3. The fraction of sp³-hybridized carbons (Fsp3) is 0.286. The van der Waals surface area contributed by atoms with Crippen molar-refractivity contribution in [3.63, 3.8) is 0 Å². The third kappa shape index (κ3) is 4.14. The maximum absolute atomic E-state index is 12.4. The van der Waals surface area contributed by atoms with E-state index in [1.807, 2.05) is 12.1 Å². The summed E-state index contributed by atoms with van der Waals surface area (Å²) in [6.45, 7) is 0.518. The van der Waals surface area contributed by atoms with Crippen LogP contribution in [0.25, 0.3) is 22.4 Å². The molecular formula is C21H21N5O4. The molecule has 3 aromatic rings. The number of pyridine rings is 1. The van der Waals surface area contributed by atoms with Crippen molar-refractivity contribution < 1.29 is 19.1 Å². The summed E-state index contributed by atoms with van der Waals surface area (Å²) in [7, 11) is 0. The lowest BCUT2D eigenvalue weighted by Crippen LogP contribution is -2.43. The third-order valence-corrected chi connectivity index (χ3v) is 5.23. The first kappa shape index (κ1) is 19.6. The Labute approximate surface area is 172 Å². The first-order valence-corrected chi connectivity index (χ1v) is 9.65. The van der Waals surface area contributed by atoms with Crippen LogP contribution in [0.1, 0.15) is 23.2 Å². The van der Waals surface area contributed by atoms with Gasteiger partial charge in [-0.2, -0.15) is 0 Å². The molecule has 1 saturated heterocycles. The molecule has 3 heterocycles. The van der Waals surface area contributed by atoms with Crippen LogP contribution in [0.2, 0.25) is 0 Å². The molecule has 0 unspecified atom stereocenters. The van der Waals surface area contributed by atoms with Crippen LogP contribution in [-0.2, 0) is 14.3 Å². The van der Waals surface area contributed by atoms with Crippen molar-refractivity contribution >= 4 is 28.8 Å². The number of piperidine rings is 1. The Morgan fingerprint density at radius 1 is 1.20 bits per heavy atom. The van der Waals surface area contributed by atoms with Crippen molar-refractivity contribution in [3.8, 4) is 11.4 Å². The van der Waals surface area contributed by atoms with Gasteiger partial charge in [-0.3, -0.25) is 14.6 Å². The van der Waals surface area contributed by atoms with Crippen molar-refractivity contribution in [2.45, 2.75) is 12.8 Å². The molecule has 3 N–H and O–H groups in total. The highest BCUT2D eigenvalue weighted by atomic mass is 16.5. The number of primary amides is 1. The summed E-state index contributed by atoms with van der Waals surface area (Å²) in [6, 6.07) is 8.68. The van der Waals surface area contributed by atoms with Gasteiger partial charge in [0.2, 0.25) is 5.91 Å². The quantitative estimate of drug-likeness (QED) is 0.616. The number of esters is 1. The van der Waals surface area contributed by atoms with E-state index in [4.69, 9.17) is 10.5 Å². The van der Waals surface area contributed by atoms with Gasteiger partial charge < -0.3 is 20.4 Å². The van der Waals surface area contributed by atoms with Crippen molar-refractivity contribution in [2.24, 2.45) is 11.7 Å². The van der Waals surface area contributed by atoms with Crippen molar-refractivity contribution in [3.05, 3.63) is 48.3 Å². The molecule has 154 valence electrons. The van der Waals surface area contributed by atoms with Gasteiger partial charge in [0.15, 0.2) is 6.61 Å². The number of amides is 2. The molecule has 0 atom stereocenters. The largest absolute Gasteiger partial charge is 0.452 e. The summed E-state index contributed by atoms with van der Waals surface area (Å²) in [4.78, 5) is 49.2. The van der Waals surface area contributed by atoms with E-state index < -0.39 is 5.97 Å². The molecule has 2 amide bonds. The first-order chi connectivity index (χ1) is 14.5. The van der Waals surface area contributed by atoms with Gasteiger partial charge in [-0.05, 0) is 43.2 Å². The number of rotatable bonds is 5. The second kappa shape index (κ2) is 8.32. The van der Waals surface area contributed by atoms with E-state index in [0.717, 1.165) is 5.56 Å². The Morgan fingerprint density at radius 3 is 2.70 bits per heavy atom. The maximum Gasteiger partial charge on any atom is 0.338 e. The molecule has 0 spiro atoms. The first-order valence-electron chi connectivity index (χ1n) is 9.65.